The molecule has 4 N–H and O–H groups in total. The van der Waals surface area contributed by atoms with Crippen molar-refractivity contribution < 1.29 is 43.2 Å². The van der Waals surface area contributed by atoms with Gasteiger partial charge in [0, 0.05) is 31.2 Å². The molecule has 3 aromatic carbocycles. The van der Waals surface area contributed by atoms with E-state index in [0.717, 1.165) is 52.1 Å². The minimum atomic E-state index is -1.06. The Hall–Kier alpha value is -5.08. The molecule has 0 aliphatic rings. The van der Waals surface area contributed by atoms with Gasteiger partial charge in [-0.3, -0.25) is 14.4 Å². The van der Waals surface area contributed by atoms with Crippen LogP contribution < -0.4 is 20.7 Å². The second kappa shape index (κ2) is 24.4. The Morgan fingerprint density at radius 1 is 0.764 bits per heavy atom. The van der Waals surface area contributed by atoms with Gasteiger partial charge in [0.2, 0.25) is 11.8 Å². The summed E-state index contributed by atoms with van der Waals surface area (Å²) in [6.07, 6.45) is 3.19. The topological polar surface area (TPSA) is 167 Å². The van der Waals surface area contributed by atoms with Gasteiger partial charge >= 0.3 is 5.97 Å². The molecule has 1 aromatic heterocycles. The molecule has 296 valence electrons. The molecule has 0 saturated carbocycles. The van der Waals surface area contributed by atoms with Crippen molar-refractivity contribution in [2.24, 2.45) is 0 Å². The number of hydrogen-bond acceptors (Lipinski definition) is 10. The largest absolute Gasteiger partial charge is 0.491 e. The lowest BCUT2D eigenvalue weighted by Crippen LogP contribution is -2.39. The summed E-state index contributed by atoms with van der Waals surface area (Å²) in [6, 6.07) is 22.4. The number of benzene rings is 3. The first-order valence-corrected chi connectivity index (χ1v) is 18.8. The number of pyridine rings is 1. The predicted molar refractivity (Wildman–Crippen MR) is 211 cm³/mol. The highest BCUT2D eigenvalue weighted by Gasteiger charge is 2.19. The molecule has 4 rings (SSSR count). The number of aliphatic carboxylic acids is 1. The molecule has 13 heteroatoms. The lowest BCUT2D eigenvalue weighted by atomic mass is 9.95. The van der Waals surface area contributed by atoms with Crippen molar-refractivity contribution in [3.8, 4) is 16.9 Å². The monoisotopic (exact) mass is 758 g/mol. The third-order valence-electron chi connectivity index (χ3n) is 8.42. The van der Waals surface area contributed by atoms with Crippen LogP contribution in [0.2, 0.25) is 0 Å². The second-order valence-corrected chi connectivity index (χ2v) is 12.8. The summed E-state index contributed by atoms with van der Waals surface area (Å²) in [4.78, 5) is 41.1. The zero-order valence-corrected chi connectivity index (χ0v) is 31.8. The molecular formula is C42H54N4O9. The summed E-state index contributed by atoms with van der Waals surface area (Å²) in [6.45, 7) is 9.00. The summed E-state index contributed by atoms with van der Waals surface area (Å²) in [5.74, 6) is -0.320. The minimum absolute atomic E-state index is 0.228. The van der Waals surface area contributed by atoms with Gasteiger partial charge in [0.1, 0.15) is 18.2 Å². The fraction of sp³-hybridized carbons (Fsp3) is 0.429. The number of carboxylic acids is 1. The first-order valence-electron chi connectivity index (χ1n) is 18.8. The number of ether oxygens (including phenoxy) is 5. The molecule has 55 heavy (non-hydrogen) atoms. The van der Waals surface area contributed by atoms with E-state index in [4.69, 9.17) is 23.7 Å². The molecule has 0 aliphatic heterocycles. The molecule has 4 aromatic rings. The quantitative estimate of drug-likeness (QED) is 0.0551. The Morgan fingerprint density at radius 2 is 1.42 bits per heavy atom. The van der Waals surface area contributed by atoms with Crippen LogP contribution in [0.1, 0.15) is 49.8 Å². The maximum Gasteiger partial charge on any atom is 0.305 e. The van der Waals surface area contributed by atoms with Crippen LogP contribution in [0.5, 0.6) is 5.75 Å². The number of amides is 2. The van der Waals surface area contributed by atoms with Gasteiger partial charge in [-0.2, -0.15) is 0 Å². The van der Waals surface area contributed by atoms with Crippen molar-refractivity contribution in [3.63, 3.8) is 0 Å². The van der Waals surface area contributed by atoms with Crippen LogP contribution in [0.15, 0.2) is 79.0 Å². The number of nitrogens with one attached hydrogen (secondary N) is 3. The molecule has 0 spiro atoms. The van der Waals surface area contributed by atoms with E-state index in [1.165, 1.54) is 0 Å². The van der Waals surface area contributed by atoms with Crippen molar-refractivity contribution in [2.75, 3.05) is 77.9 Å². The molecule has 0 radical (unpaired) electrons. The van der Waals surface area contributed by atoms with E-state index < -0.39 is 17.9 Å². The molecule has 0 fully saturated rings. The number of carboxylic acid groups (broad SMARTS) is 1. The fourth-order valence-electron chi connectivity index (χ4n) is 5.70. The van der Waals surface area contributed by atoms with Gasteiger partial charge in [-0.15, -0.1) is 0 Å². The average Bonchev–Trinajstić information content (AvgIpc) is 3.18. The summed E-state index contributed by atoms with van der Waals surface area (Å²) >= 11 is 0. The second-order valence-electron chi connectivity index (χ2n) is 12.8. The predicted octanol–water partition coefficient (Wildman–Crippen LogP) is 5.71. The normalized spacial score (nSPS) is 11.6. The van der Waals surface area contributed by atoms with Gasteiger partial charge in [0.15, 0.2) is 0 Å². The van der Waals surface area contributed by atoms with Gasteiger partial charge in [-0.1, -0.05) is 61.5 Å². The van der Waals surface area contributed by atoms with Crippen LogP contribution in [-0.4, -0.2) is 100 Å². The molecular weight excluding hydrogens is 704 g/mol. The van der Waals surface area contributed by atoms with Gasteiger partial charge in [0.05, 0.1) is 65.3 Å². The van der Waals surface area contributed by atoms with E-state index in [-0.39, 0.29) is 25.3 Å². The molecule has 2 amide bonds. The summed E-state index contributed by atoms with van der Waals surface area (Å²) in [7, 11) is 0. The zero-order valence-electron chi connectivity index (χ0n) is 31.8. The molecule has 1 heterocycles. The van der Waals surface area contributed by atoms with E-state index in [1.807, 2.05) is 79.7 Å². The highest BCUT2D eigenvalue weighted by molar-refractivity contribution is 6.00. The highest BCUT2D eigenvalue weighted by Crippen LogP contribution is 2.35. The van der Waals surface area contributed by atoms with Crippen LogP contribution in [-0.2, 0) is 33.3 Å². The zero-order chi connectivity index (χ0) is 39.1. The number of nitrogens with zero attached hydrogens (tertiary/aromatic N) is 1. The third-order valence-corrected chi connectivity index (χ3v) is 8.42. The van der Waals surface area contributed by atoms with E-state index in [1.54, 1.807) is 6.20 Å². The van der Waals surface area contributed by atoms with E-state index in [2.05, 4.69) is 27.9 Å². The van der Waals surface area contributed by atoms with Gasteiger partial charge in [0.25, 0.3) is 0 Å². The molecule has 0 saturated heterocycles. The number of aryl methyl sites for hydroxylation is 1. The van der Waals surface area contributed by atoms with Crippen molar-refractivity contribution >= 4 is 34.4 Å². The summed E-state index contributed by atoms with van der Waals surface area (Å²) < 4.78 is 28.1. The summed E-state index contributed by atoms with van der Waals surface area (Å²) in [5, 5.41) is 20.1. The smallest absolute Gasteiger partial charge is 0.305 e. The Labute approximate surface area is 323 Å². The highest BCUT2D eigenvalue weighted by atomic mass is 16.6. The molecule has 0 unspecified atom stereocenters. The molecule has 13 nitrogen and oxygen atoms in total. The fourth-order valence-corrected chi connectivity index (χ4v) is 5.70. The lowest BCUT2D eigenvalue weighted by molar-refractivity contribution is -0.138. The molecule has 0 bridgehead atoms. The first-order chi connectivity index (χ1) is 26.8. The van der Waals surface area contributed by atoms with Crippen LogP contribution in [0.3, 0.4) is 0 Å². The minimum Gasteiger partial charge on any atom is -0.491 e. The molecule has 1 atom stereocenters. The SMILES string of the molecule is CCCOCCOCCOCCOCCOc1ccc(-c2ccc([C@H](CC(=O)O)NC(=O)CNC(=O)CCCNc3cc(C)ccn3)cc2)c2ccccc12. The van der Waals surface area contributed by atoms with Crippen molar-refractivity contribution in [3.05, 3.63) is 90.1 Å². The number of carbonyl (C=O) groups is 3. The van der Waals surface area contributed by atoms with Crippen molar-refractivity contribution in [1.29, 1.82) is 0 Å². The Balaban J connectivity index is 1.22. The number of rotatable bonds is 27. The van der Waals surface area contributed by atoms with E-state index in [9.17, 15) is 19.5 Å². The van der Waals surface area contributed by atoms with Crippen molar-refractivity contribution in [2.45, 2.75) is 45.6 Å². The maximum atomic E-state index is 12.8. The lowest BCUT2D eigenvalue weighted by Gasteiger charge is -2.19. The standard InChI is InChI=1S/C42H54N4O9/c1-3-19-51-20-21-52-22-23-53-24-25-54-26-27-55-38-15-14-34(35-7-4-5-8-36(35)38)32-10-12-33(13-11-32)37(29-42(49)50)46-41(48)30-45-40(47)9-6-17-43-39-28-31(2)16-18-44-39/h4-5,7-8,10-16,18,28,37H,3,6,9,17,19-27,29-30H2,1-2H3,(H,43,44)(H,45,47)(H,46,48)(H,49,50)/t37-/m0/s1. The van der Waals surface area contributed by atoms with Gasteiger partial charge in [-0.25, -0.2) is 4.98 Å². The van der Waals surface area contributed by atoms with Crippen LogP contribution in [0, 0.1) is 6.92 Å². The van der Waals surface area contributed by atoms with Gasteiger partial charge < -0.3 is 44.7 Å². The Bertz CT molecular complexity index is 1770. The Kier molecular flexibility index (Phi) is 18.9. The van der Waals surface area contributed by atoms with Crippen LogP contribution in [0.4, 0.5) is 5.82 Å². The number of hydrogen-bond donors (Lipinski definition) is 4. The third kappa shape index (κ3) is 15.7. The van der Waals surface area contributed by atoms with Crippen molar-refractivity contribution in [1.82, 2.24) is 15.6 Å². The number of fused-ring (bicyclic) bond motifs is 1. The average molecular weight is 759 g/mol. The number of aromatic nitrogens is 1. The van der Waals surface area contributed by atoms with Gasteiger partial charge in [-0.05, 0) is 65.6 Å². The van der Waals surface area contributed by atoms with Crippen LogP contribution >= 0.6 is 0 Å². The van der Waals surface area contributed by atoms with E-state index in [0.29, 0.717) is 71.4 Å². The maximum absolute atomic E-state index is 12.8. The molecule has 0 aliphatic carbocycles. The first kappa shape index (κ1) is 42.7. The number of carbonyl (C=O) groups excluding carboxylic acids is 2. The Morgan fingerprint density at radius 3 is 2.07 bits per heavy atom. The summed E-state index contributed by atoms with van der Waals surface area (Å²) in [5.41, 5.74) is 3.62. The van der Waals surface area contributed by atoms with Crippen LogP contribution in [0.25, 0.3) is 21.9 Å². The number of anilines is 1. The van der Waals surface area contributed by atoms with E-state index >= 15 is 0 Å².